The molecular weight excluding hydrogens is 400 g/mol. The Kier molecular flexibility index (Phi) is 5.88. The Balaban J connectivity index is 1.67. The van der Waals surface area contributed by atoms with Crippen LogP contribution in [0.5, 0.6) is 0 Å². The zero-order chi connectivity index (χ0) is 23.7. The summed E-state index contributed by atoms with van der Waals surface area (Å²) in [6.45, 7) is 13.4. The molecule has 0 saturated heterocycles. The fourth-order valence-corrected chi connectivity index (χ4v) is 7.91. The van der Waals surface area contributed by atoms with Gasteiger partial charge >= 0.3 is 0 Å². The van der Waals surface area contributed by atoms with Crippen LogP contribution in [-0.2, 0) is 4.79 Å². The van der Waals surface area contributed by atoms with E-state index in [1.54, 1.807) is 6.08 Å². The normalized spacial score (nSPS) is 48.2. The van der Waals surface area contributed by atoms with E-state index >= 15 is 0 Å². The molecule has 3 unspecified atom stereocenters. The second kappa shape index (κ2) is 7.78. The lowest BCUT2D eigenvalue weighted by atomic mass is 9.43. The van der Waals surface area contributed by atoms with E-state index in [1.807, 2.05) is 6.92 Å². The predicted molar refractivity (Wildman–Crippen MR) is 127 cm³/mol. The first-order chi connectivity index (χ1) is 14.8. The number of fused-ring (bicyclic) bond motifs is 5. The zero-order valence-electron chi connectivity index (χ0n) is 20.9. The van der Waals surface area contributed by atoms with Gasteiger partial charge in [0.05, 0.1) is 11.7 Å². The Morgan fingerprint density at radius 2 is 1.66 bits per heavy atom. The van der Waals surface area contributed by atoms with E-state index in [2.05, 4.69) is 46.8 Å². The van der Waals surface area contributed by atoms with Crippen molar-refractivity contribution in [2.75, 3.05) is 0 Å². The number of hydrogen-bond donors (Lipinski definition) is 3. The van der Waals surface area contributed by atoms with Gasteiger partial charge in [0.15, 0.2) is 5.78 Å². The van der Waals surface area contributed by atoms with E-state index in [0.29, 0.717) is 42.9 Å². The quantitative estimate of drug-likeness (QED) is 0.543. The van der Waals surface area contributed by atoms with Crippen LogP contribution in [0.15, 0.2) is 23.8 Å². The van der Waals surface area contributed by atoms with Crippen molar-refractivity contribution in [2.24, 2.45) is 40.4 Å². The van der Waals surface area contributed by atoms with Crippen LogP contribution in [0, 0.1) is 40.4 Å². The Labute approximate surface area is 194 Å². The summed E-state index contributed by atoms with van der Waals surface area (Å²) in [7, 11) is 0. The predicted octanol–water partition coefficient (Wildman–Crippen LogP) is 4.82. The minimum Gasteiger partial charge on any atom is -0.393 e. The standard InChI is InChI=1S/C28H44O4/c1-17(2)18(3)7-8-19(4)21-9-10-22-23-15-24(30)28(32)16-20(29)11-12-26(28,6)27(23,31)14-13-25(21,22)5/h7-8,15,17-22,29,31-32H,9-14,16H2,1-6H3/t18?,19-,20?,21-,22+,25-,26-,27-,28?/m1/s1. The fraction of sp³-hybridized carbons (Fsp3) is 0.821. The molecule has 4 rings (SSSR count). The highest BCUT2D eigenvalue weighted by molar-refractivity contribution is 6.00. The molecule has 9 atom stereocenters. The van der Waals surface area contributed by atoms with Gasteiger partial charge in [0.25, 0.3) is 0 Å². The summed E-state index contributed by atoms with van der Waals surface area (Å²) in [4.78, 5) is 13.3. The summed E-state index contributed by atoms with van der Waals surface area (Å²) in [6, 6.07) is 0. The smallest absolute Gasteiger partial charge is 0.188 e. The molecule has 0 bridgehead atoms. The van der Waals surface area contributed by atoms with Crippen LogP contribution in [0.1, 0.15) is 86.5 Å². The Hall–Kier alpha value is -0.970. The lowest BCUT2D eigenvalue weighted by molar-refractivity contribution is -0.223. The zero-order valence-corrected chi connectivity index (χ0v) is 20.9. The Morgan fingerprint density at radius 1 is 0.969 bits per heavy atom. The third-order valence-corrected chi connectivity index (χ3v) is 10.7. The number of carbonyl (C=O) groups is 1. The van der Waals surface area contributed by atoms with Crippen LogP contribution >= 0.6 is 0 Å². The van der Waals surface area contributed by atoms with Crippen molar-refractivity contribution in [1.82, 2.24) is 0 Å². The van der Waals surface area contributed by atoms with Crippen molar-refractivity contribution in [2.45, 2.75) is 104 Å². The summed E-state index contributed by atoms with van der Waals surface area (Å²) in [6.07, 6.45) is 10.2. The first kappa shape index (κ1) is 24.2. The molecule has 0 aromatic carbocycles. The van der Waals surface area contributed by atoms with Crippen molar-refractivity contribution < 1.29 is 20.1 Å². The summed E-state index contributed by atoms with van der Waals surface area (Å²) in [5, 5.41) is 33.9. The number of aliphatic hydroxyl groups is 3. The molecule has 4 nitrogen and oxygen atoms in total. The largest absolute Gasteiger partial charge is 0.393 e. The van der Waals surface area contributed by atoms with Gasteiger partial charge in [-0.15, -0.1) is 0 Å². The number of rotatable bonds is 4. The van der Waals surface area contributed by atoms with Gasteiger partial charge in [-0.3, -0.25) is 4.79 Å². The lowest BCUT2D eigenvalue weighted by Gasteiger charge is -2.63. The van der Waals surface area contributed by atoms with Crippen LogP contribution in [0.4, 0.5) is 0 Å². The maximum absolute atomic E-state index is 13.3. The van der Waals surface area contributed by atoms with Crippen molar-refractivity contribution in [1.29, 1.82) is 0 Å². The molecule has 0 aromatic heterocycles. The minimum atomic E-state index is -1.68. The van der Waals surface area contributed by atoms with Crippen molar-refractivity contribution in [3.63, 3.8) is 0 Å². The highest BCUT2D eigenvalue weighted by Crippen LogP contribution is 2.68. The molecule has 0 heterocycles. The topological polar surface area (TPSA) is 77.8 Å². The number of allylic oxidation sites excluding steroid dienone is 2. The molecule has 0 radical (unpaired) electrons. The van der Waals surface area contributed by atoms with Gasteiger partial charge in [0.2, 0.25) is 0 Å². The first-order valence-electron chi connectivity index (χ1n) is 12.9. The molecule has 0 aromatic rings. The molecule has 4 heteroatoms. The fourth-order valence-electron chi connectivity index (χ4n) is 7.91. The maximum Gasteiger partial charge on any atom is 0.188 e. The molecule has 3 fully saturated rings. The summed E-state index contributed by atoms with van der Waals surface area (Å²) < 4.78 is 0. The van der Waals surface area contributed by atoms with Gasteiger partial charge in [-0.05, 0) is 85.2 Å². The molecule has 4 aliphatic rings. The van der Waals surface area contributed by atoms with Crippen LogP contribution < -0.4 is 0 Å². The SMILES string of the molecule is CC(C)C(C)C=C[C@@H](C)[C@H]1CC[C@H]2C3=CC(=O)C4(O)CC(O)CC[C@]4(C)[C@@]3(O)CC[C@]12C. The third kappa shape index (κ3) is 3.15. The van der Waals surface area contributed by atoms with Crippen molar-refractivity contribution in [3.05, 3.63) is 23.8 Å². The summed E-state index contributed by atoms with van der Waals surface area (Å²) in [5.41, 5.74) is -2.90. The Bertz CT molecular complexity index is 829. The number of hydrogen-bond acceptors (Lipinski definition) is 4. The maximum atomic E-state index is 13.3. The van der Waals surface area contributed by atoms with Gasteiger partial charge in [-0.25, -0.2) is 0 Å². The van der Waals surface area contributed by atoms with E-state index in [4.69, 9.17) is 0 Å². The van der Waals surface area contributed by atoms with Crippen LogP contribution in [0.3, 0.4) is 0 Å². The average molecular weight is 445 g/mol. The highest BCUT2D eigenvalue weighted by atomic mass is 16.3. The molecular formula is C28H44O4. The van der Waals surface area contributed by atoms with Crippen molar-refractivity contribution in [3.8, 4) is 0 Å². The summed E-state index contributed by atoms with van der Waals surface area (Å²) >= 11 is 0. The molecule has 3 N–H and O–H groups in total. The lowest BCUT2D eigenvalue weighted by Crippen LogP contribution is -2.71. The summed E-state index contributed by atoms with van der Waals surface area (Å²) in [5.74, 6) is 2.01. The average Bonchev–Trinajstić information content (AvgIpc) is 3.07. The Morgan fingerprint density at radius 3 is 2.31 bits per heavy atom. The van der Waals surface area contributed by atoms with Crippen LogP contribution in [0.2, 0.25) is 0 Å². The molecule has 0 amide bonds. The van der Waals surface area contributed by atoms with Gasteiger partial charge in [0, 0.05) is 11.8 Å². The third-order valence-electron chi connectivity index (χ3n) is 10.7. The molecule has 180 valence electrons. The van der Waals surface area contributed by atoms with Crippen LogP contribution in [0.25, 0.3) is 0 Å². The second-order valence-corrected chi connectivity index (χ2v) is 12.5. The van der Waals surface area contributed by atoms with E-state index in [-0.39, 0.29) is 23.5 Å². The van der Waals surface area contributed by atoms with Gasteiger partial charge in [-0.1, -0.05) is 53.7 Å². The second-order valence-electron chi connectivity index (χ2n) is 12.5. The van der Waals surface area contributed by atoms with Crippen molar-refractivity contribution >= 4 is 5.78 Å². The number of ketones is 1. The molecule has 4 aliphatic carbocycles. The molecule has 32 heavy (non-hydrogen) atoms. The van der Waals surface area contributed by atoms with E-state index in [9.17, 15) is 20.1 Å². The minimum absolute atomic E-state index is 0.0227. The number of aliphatic hydroxyl groups excluding tert-OH is 1. The highest BCUT2D eigenvalue weighted by Gasteiger charge is 2.71. The van der Waals surface area contributed by atoms with Gasteiger partial charge in [0.1, 0.15) is 5.60 Å². The van der Waals surface area contributed by atoms with Crippen LogP contribution in [-0.4, -0.2) is 38.4 Å². The monoisotopic (exact) mass is 444 g/mol. The van der Waals surface area contributed by atoms with E-state index in [1.165, 1.54) is 0 Å². The van der Waals surface area contributed by atoms with E-state index < -0.39 is 22.7 Å². The number of carbonyl (C=O) groups excluding carboxylic acids is 1. The van der Waals surface area contributed by atoms with Gasteiger partial charge < -0.3 is 15.3 Å². The molecule has 3 saturated carbocycles. The molecule has 0 spiro atoms. The molecule has 0 aliphatic heterocycles. The van der Waals surface area contributed by atoms with Gasteiger partial charge in [-0.2, -0.15) is 0 Å². The first-order valence-corrected chi connectivity index (χ1v) is 12.9. The van der Waals surface area contributed by atoms with E-state index in [0.717, 1.165) is 24.8 Å².